The van der Waals surface area contributed by atoms with Gasteiger partial charge in [0.05, 0.1) is 5.75 Å². The van der Waals surface area contributed by atoms with Crippen LogP contribution in [-0.4, -0.2) is 23.6 Å². The zero-order valence-corrected chi connectivity index (χ0v) is 15.4. The monoisotopic (exact) mass is 356 g/mol. The molecule has 4 nitrogen and oxygen atoms in total. The molecule has 0 saturated heterocycles. The Hall–Kier alpha value is -2.27. The van der Waals surface area contributed by atoms with Crippen LogP contribution in [0.4, 0.5) is 5.69 Å². The van der Waals surface area contributed by atoms with Crippen molar-refractivity contribution < 1.29 is 9.59 Å². The largest absolute Gasteiger partial charge is 0.353 e. The van der Waals surface area contributed by atoms with Crippen LogP contribution in [0.3, 0.4) is 0 Å². The molecular formula is C20H24N2O2S. The lowest BCUT2D eigenvalue weighted by molar-refractivity contribution is -0.119. The van der Waals surface area contributed by atoms with E-state index in [0.29, 0.717) is 11.3 Å². The fraction of sp³-hybridized carbons (Fsp3) is 0.300. The van der Waals surface area contributed by atoms with Gasteiger partial charge in [-0.3, -0.25) is 9.59 Å². The number of nitrogens with one attached hydrogen (secondary N) is 2. The Labute approximate surface area is 153 Å². The van der Waals surface area contributed by atoms with Gasteiger partial charge in [0.1, 0.15) is 0 Å². The van der Waals surface area contributed by atoms with Crippen LogP contribution in [0.1, 0.15) is 36.2 Å². The first-order chi connectivity index (χ1) is 12.1. The second-order valence-corrected chi connectivity index (χ2v) is 6.87. The highest BCUT2D eigenvalue weighted by atomic mass is 32.2. The summed E-state index contributed by atoms with van der Waals surface area (Å²) in [6, 6.07) is 17.1. The van der Waals surface area contributed by atoms with E-state index >= 15 is 0 Å². The summed E-state index contributed by atoms with van der Waals surface area (Å²) >= 11 is 1.57. The molecule has 2 N–H and O–H groups in total. The first-order valence-electron chi connectivity index (χ1n) is 8.41. The normalized spacial score (nSPS) is 11.6. The van der Waals surface area contributed by atoms with Gasteiger partial charge >= 0.3 is 0 Å². The van der Waals surface area contributed by atoms with Crippen LogP contribution in [0, 0.1) is 0 Å². The Morgan fingerprint density at radius 1 is 1.04 bits per heavy atom. The molecule has 132 valence electrons. The number of thioether (sulfide) groups is 1. The first-order valence-corrected chi connectivity index (χ1v) is 9.56. The Morgan fingerprint density at radius 2 is 1.72 bits per heavy atom. The van der Waals surface area contributed by atoms with Gasteiger partial charge in [0, 0.05) is 23.0 Å². The summed E-state index contributed by atoms with van der Waals surface area (Å²) in [6.07, 6.45) is 0.933. The number of hydrogen-bond donors (Lipinski definition) is 2. The van der Waals surface area contributed by atoms with Crippen molar-refractivity contribution in [3.63, 3.8) is 0 Å². The minimum atomic E-state index is -0.127. The van der Waals surface area contributed by atoms with Gasteiger partial charge < -0.3 is 10.6 Å². The highest BCUT2D eigenvalue weighted by molar-refractivity contribution is 7.99. The third kappa shape index (κ3) is 6.63. The smallest absolute Gasteiger partial charge is 0.255 e. The van der Waals surface area contributed by atoms with Gasteiger partial charge in [-0.2, -0.15) is 0 Å². The standard InChI is InChI=1S/C20H24N2O2S/c1-3-15(2)21-19(23)14-25-13-16-9-11-17(12-10-16)20(24)22-18-7-5-4-6-8-18/h4-12,15H,3,13-14H2,1-2H3,(H,21,23)(H,22,24)/t15-/m1/s1. The number of carbonyl (C=O) groups is 2. The predicted octanol–water partition coefficient (Wildman–Crippen LogP) is 4.09. The summed E-state index contributed by atoms with van der Waals surface area (Å²) in [4.78, 5) is 23.9. The lowest BCUT2D eigenvalue weighted by Crippen LogP contribution is -2.33. The molecule has 0 aliphatic heterocycles. The number of hydrogen-bond acceptors (Lipinski definition) is 3. The number of amides is 2. The van der Waals surface area contributed by atoms with Crippen molar-refractivity contribution in [2.24, 2.45) is 0 Å². The molecular weight excluding hydrogens is 332 g/mol. The number of para-hydroxylation sites is 1. The number of benzene rings is 2. The van der Waals surface area contributed by atoms with Crippen LogP contribution >= 0.6 is 11.8 Å². The summed E-state index contributed by atoms with van der Waals surface area (Å²) in [5.74, 6) is 1.13. The molecule has 5 heteroatoms. The molecule has 0 aliphatic carbocycles. The fourth-order valence-corrected chi connectivity index (χ4v) is 2.96. The van der Waals surface area contributed by atoms with Crippen molar-refractivity contribution in [3.8, 4) is 0 Å². The van der Waals surface area contributed by atoms with Crippen molar-refractivity contribution in [2.45, 2.75) is 32.1 Å². The van der Waals surface area contributed by atoms with Crippen molar-refractivity contribution in [1.82, 2.24) is 5.32 Å². The molecule has 2 rings (SSSR count). The predicted molar refractivity (Wildman–Crippen MR) is 105 cm³/mol. The lowest BCUT2D eigenvalue weighted by atomic mass is 10.1. The SMILES string of the molecule is CC[C@@H](C)NC(=O)CSCc1ccc(C(=O)Nc2ccccc2)cc1. The van der Waals surface area contributed by atoms with Gasteiger partial charge in [-0.05, 0) is 43.2 Å². The second-order valence-electron chi connectivity index (χ2n) is 5.89. The van der Waals surface area contributed by atoms with E-state index in [-0.39, 0.29) is 17.9 Å². The summed E-state index contributed by atoms with van der Waals surface area (Å²) < 4.78 is 0. The van der Waals surface area contributed by atoms with E-state index in [1.165, 1.54) is 0 Å². The van der Waals surface area contributed by atoms with E-state index < -0.39 is 0 Å². The molecule has 0 bridgehead atoms. The van der Waals surface area contributed by atoms with Crippen LogP contribution in [0.15, 0.2) is 54.6 Å². The Morgan fingerprint density at radius 3 is 2.36 bits per heavy atom. The van der Waals surface area contributed by atoms with Crippen LogP contribution in [0.5, 0.6) is 0 Å². The van der Waals surface area contributed by atoms with Crippen molar-refractivity contribution >= 4 is 29.3 Å². The zero-order valence-electron chi connectivity index (χ0n) is 14.6. The van der Waals surface area contributed by atoms with E-state index in [1.807, 2.05) is 68.4 Å². The van der Waals surface area contributed by atoms with E-state index in [2.05, 4.69) is 10.6 Å². The van der Waals surface area contributed by atoms with E-state index in [4.69, 9.17) is 0 Å². The highest BCUT2D eigenvalue weighted by Gasteiger charge is 2.07. The maximum Gasteiger partial charge on any atom is 0.255 e. The quantitative estimate of drug-likeness (QED) is 0.749. The molecule has 0 aromatic heterocycles. The highest BCUT2D eigenvalue weighted by Crippen LogP contribution is 2.14. The third-order valence-electron chi connectivity index (χ3n) is 3.77. The Bertz CT molecular complexity index is 687. The van der Waals surface area contributed by atoms with Crippen LogP contribution in [0.25, 0.3) is 0 Å². The zero-order chi connectivity index (χ0) is 18.1. The molecule has 0 radical (unpaired) electrons. The number of rotatable bonds is 8. The fourth-order valence-electron chi connectivity index (χ4n) is 2.16. The maximum atomic E-state index is 12.2. The summed E-state index contributed by atoms with van der Waals surface area (Å²) in [6.45, 7) is 4.05. The molecule has 2 aromatic rings. The van der Waals surface area contributed by atoms with Gasteiger partial charge in [0.2, 0.25) is 5.91 Å². The molecule has 25 heavy (non-hydrogen) atoms. The number of anilines is 1. The van der Waals surface area contributed by atoms with Crippen molar-refractivity contribution in [2.75, 3.05) is 11.1 Å². The second kappa shape index (κ2) is 9.89. The van der Waals surface area contributed by atoms with Gasteiger partial charge in [-0.1, -0.05) is 37.3 Å². The summed E-state index contributed by atoms with van der Waals surface area (Å²) in [5, 5.41) is 5.81. The molecule has 0 unspecified atom stereocenters. The average molecular weight is 356 g/mol. The third-order valence-corrected chi connectivity index (χ3v) is 4.77. The minimum absolute atomic E-state index is 0.0678. The summed E-state index contributed by atoms with van der Waals surface area (Å²) in [5.41, 5.74) is 2.49. The van der Waals surface area contributed by atoms with Gasteiger partial charge in [0.15, 0.2) is 0 Å². The van der Waals surface area contributed by atoms with E-state index in [0.717, 1.165) is 23.4 Å². The lowest BCUT2D eigenvalue weighted by Gasteiger charge is -2.11. The molecule has 0 aliphatic rings. The van der Waals surface area contributed by atoms with Crippen LogP contribution in [0.2, 0.25) is 0 Å². The molecule has 0 saturated carbocycles. The molecule has 0 spiro atoms. The maximum absolute atomic E-state index is 12.2. The minimum Gasteiger partial charge on any atom is -0.353 e. The molecule has 2 amide bonds. The molecule has 1 atom stereocenters. The number of carbonyl (C=O) groups excluding carboxylic acids is 2. The Balaban J connectivity index is 1.79. The average Bonchev–Trinajstić information content (AvgIpc) is 2.63. The van der Waals surface area contributed by atoms with Gasteiger partial charge in [0.25, 0.3) is 5.91 Å². The first kappa shape index (κ1) is 19.1. The van der Waals surface area contributed by atoms with E-state index in [1.54, 1.807) is 11.8 Å². The molecule has 0 heterocycles. The topological polar surface area (TPSA) is 58.2 Å². The Kier molecular flexibility index (Phi) is 7.54. The molecule has 2 aromatic carbocycles. The van der Waals surface area contributed by atoms with Crippen molar-refractivity contribution in [1.29, 1.82) is 0 Å². The summed E-state index contributed by atoms with van der Waals surface area (Å²) in [7, 11) is 0. The van der Waals surface area contributed by atoms with Crippen LogP contribution in [-0.2, 0) is 10.5 Å². The van der Waals surface area contributed by atoms with Crippen molar-refractivity contribution in [3.05, 3.63) is 65.7 Å². The van der Waals surface area contributed by atoms with E-state index in [9.17, 15) is 9.59 Å². The van der Waals surface area contributed by atoms with Gasteiger partial charge in [-0.25, -0.2) is 0 Å². The van der Waals surface area contributed by atoms with Gasteiger partial charge in [-0.15, -0.1) is 11.8 Å². The molecule has 0 fully saturated rings. The van der Waals surface area contributed by atoms with Crippen LogP contribution < -0.4 is 10.6 Å².